The predicted octanol–water partition coefficient (Wildman–Crippen LogP) is 2.72. The van der Waals surface area contributed by atoms with Crippen LogP contribution in [0.1, 0.15) is 38.7 Å². The minimum atomic E-state index is -0.587. The maximum Gasteiger partial charge on any atom is 0.191 e. The van der Waals surface area contributed by atoms with Crippen LogP contribution in [0, 0.1) is 0 Å². The zero-order valence-corrected chi connectivity index (χ0v) is 16.0. The van der Waals surface area contributed by atoms with Crippen molar-refractivity contribution in [3.63, 3.8) is 0 Å². The second-order valence-corrected chi connectivity index (χ2v) is 7.08. The zero-order valence-electron chi connectivity index (χ0n) is 14.5. The van der Waals surface area contributed by atoms with Gasteiger partial charge in [-0.15, -0.1) is 11.3 Å². The Labute approximate surface area is 148 Å². The van der Waals surface area contributed by atoms with Crippen LogP contribution in [0.2, 0.25) is 4.34 Å². The molecule has 1 aromatic heterocycles. The van der Waals surface area contributed by atoms with Crippen molar-refractivity contribution in [2.45, 2.75) is 39.8 Å². The highest BCUT2D eigenvalue weighted by Gasteiger charge is 2.12. The van der Waals surface area contributed by atoms with E-state index in [-0.39, 0.29) is 0 Å². The molecule has 3 N–H and O–H groups in total. The van der Waals surface area contributed by atoms with Gasteiger partial charge in [0.2, 0.25) is 0 Å². The van der Waals surface area contributed by atoms with Crippen LogP contribution >= 0.6 is 22.9 Å². The van der Waals surface area contributed by atoms with Crippen LogP contribution in [0.15, 0.2) is 17.1 Å². The van der Waals surface area contributed by atoms with Crippen LogP contribution in [0.25, 0.3) is 0 Å². The third kappa shape index (κ3) is 7.08. The van der Waals surface area contributed by atoms with Crippen LogP contribution in [0.4, 0.5) is 0 Å². The van der Waals surface area contributed by atoms with Crippen LogP contribution < -0.4 is 10.6 Å². The summed E-state index contributed by atoms with van der Waals surface area (Å²) >= 11 is 7.30. The number of aliphatic imine (C=N–C) groups is 1. The number of aliphatic hydroxyl groups is 1. The first-order valence-electron chi connectivity index (χ1n) is 8.21. The molecule has 0 radical (unpaired) electrons. The third-order valence-electron chi connectivity index (χ3n) is 3.68. The summed E-state index contributed by atoms with van der Waals surface area (Å²) in [5, 5.41) is 16.6. The highest BCUT2D eigenvalue weighted by Crippen LogP contribution is 2.26. The molecule has 1 rings (SSSR count). The van der Waals surface area contributed by atoms with E-state index in [2.05, 4.69) is 41.3 Å². The Morgan fingerprint density at radius 2 is 2.00 bits per heavy atom. The Bertz CT molecular complexity index is 476. The summed E-state index contributed by atoms with van der Waals surface area (Å²) in [6.45, 7) is 12.5. The molecule has 0 aromatic carbocycles. The van der Waals surface area contributed by atoms with Crippen LogP contribution in [0.5, 0.6) is 0 Å². The molecule has 23 heavy (non-hydrogen) atoms. The van der Waals surface area contributed by atoms with E-state index in [0.29, 0.717) is 16.9 Å². The van der Waals surface area contributed by atoms with Gasteiger partial charge in [0.15, 0.2) is 5.96 Å². The first kappa shape index (κ1) is 20.2. The fourth-order valence-electron chi connectivity index (χ4n) is 2.33. The Morgan fingerprint density at radius 1 is 1.30 bits per heavy atom. The molecule has 0 fully saturated rings. The molecule has 2 atom stereocenters. The van der Waals surface area contributed by atoms with Gasteiger partial charge in [0.25, 0.3) is 0 Å². The second-order valence-electron chi connectivity index (χ2n) is 5.33. The number of likely N-dealkylation sites (N-methyl/N-ethyl adjacent to an activating group) is 1. The molecule has 0 bridgehead atoms. The number of hydrogen-bond donors (Lipinski definition) is 3. The summed E-state index contributed by atoms with van der Waals surface area (Å²) in [4.78, 5) is 7.85. The van der Waals surface area contributed by atoms with Gasteiger partial charge >= 0.3 is 0 Å². The van der Waals surface area contributed by atoms with E-state index in [1.165, 1.54) is 11.3 Å². The van der Waals surface area contributed by atoms with E-state index in [1.807, 2.05) is 13.0 Å². The molecule has 0 aliphatic carbocycles. The predicted molar refractivity (Wildman–Crippen MR) is 101 cm³/mol. The van der Waals surface area contributed by atoms with Crippen LogP contribution in [0.3, 0.4) is 0 Å². The number of guanidine groups is 1. The van der Waals surface area contributed by atoms with Gasteiger partial charge in [-0.3, -0.25) is 9.89 Å². The van der Waals surface area contributed by atoms with Gasteiger partial charge < -0.3 is 15.7 Å². The van der Waals surface area contributed by atoms with Crippen LogP contribution in [-0.4, -0.2) is 54.7 Å². The molecule has 0 saturated heterocycles. The maximum atomic E-state index is 10.2. The molecule has 1 heterocycles. The van der Waals surface area contributed by atoms with E-state index in [4.69, 9.17) is 11.6 Å². The fraction of sp³-hybridized carbons (Fsp3) is 0.688. The van der Waals surface area contributed by atoms with Crippen molar-refractivity contribution in [3.8, 4) is 0 Å². The number of hydrogen-bond acceptors (Lipinski definition) is 4. The van der Waals surface area contributed by atoms with Gasteiger partial charge in [-0.05, 0) is 39.1 Å². The van der Waals surface area contributed by atoms with Crippen molar-refractivity contribution in [2.24, 2.45) is 4.99 Å². The number of nitrogens with one attached hydrogen (secondary N) is 2. The highest BCUT2D eigenvalue weighted by molar-refractivity contribution is 7.16. The van der Waals surface area contributed by atoms with Gasteiger partial charge in [0.1, 0.15) is 6.10 Å². The highest BCUT2D eigenvalue weighted by atomic mass is 35.5. The van der Waals surface area contributed by atoms with Gasteiger partial charge in [-0.2, -0.15) is 0 Å². The van der Waals surface area contributed by atoms with E-state index >= 15 is 0 Å². The number of rotatable bonds is 9. The van der Waals surface area contributed by atoms with E-state index in [0.717, 1.165) is 37.0 Å². The summed E-state index contributed by atoms with van der Waals surface area (Å²) < 4.78 is 0.688. The molecule has 0 amide bonds. The lowest BCUT2D eigenvalue weighted by Gasteiger charge is -2.25. The SMILES string of the molecule is CCNC(=NCC(C)N(CC)CC)NCC(O)c1ccc(Cl)s1. The number of halogens is 1. The van der Waals surface area contributed by atoms with Gasteiger partial charge in [-0.1, -0.05) is 25.4 Å². The molecule has 0 spiro atoms. The Morgan fingerprint density at radius 3 is 2.52 bits per heavy atom. The Hall–Kier alpha value is -0.820. The molecule has 7 heteroatoms. The molecule has 2 unspecified atom stereocenters. The molecular weight excluding hydrogens is 332 g/mol. The lowest BCUT2D eigenvalue weighted by molar-refractivity contribution is 0.184. The van der Waals surface area contributed by atoms with Crippen molar-refractivity contribution in [2.75, 3.05) is 32.7 Å². The number of nitrogens with zero attached hydrogens (tertiary/aromatic N) is 2. The first-order chi connectivity index (χ1) is 11.0. The summed E-state index contributed by atoms with van der Waals surface area (Å²) in [7, 11) is 0. The van der Waals surface area contributed by atoms with Crippen molar-refractivity contribution < 1.29 is 5.11 Å². The Balaban J connectivity index is 2.55. The van der Waals surface area contributed by atoms with Gasteiger partial charge in [0, 0.05) is 24.0 Å². The average Bonchev–Trinajstić information content (AvgIpc) is 2.97. The zero-order chi connectivity index (χ0) is 17.2. The molecular formula is C16H29ClN4OS. The van der Waals surface area contributed by atoms with Gasteiger partial charge in [-0.25, -0.2) is 0 Å². The summed E-state index contributed by atoms with van der Waals surface area (Å²) in [6.07, 6.45) is -0.587. The van der Waals surface area contributed by atoms with E-state index in [1.54, 1.807) is 6.07 Å². The minimum Gasteiger partial charge on any atom is -0.386 e. The standard InChI is InChI=1S/C16H29ClN4OS/c1-5-18-16(19-10-12(4)21(6-2)7-3)20-11-13(22)14-8-9-15(17)23-14/h8-9,12-13,22H,5-7,10-11H2,1-4H3,(H2,18,19,20). The molecule has 0 saturated carbocycles. The summed E-state index contributed by atoms with van der Waals surface area (Å²) in [5.74, 6) is 0.730. The van der Waals surface area contributed by atoms with E-state index in [9.17, 15) is 5.11 Å². The van der Waals surface area contributed by atoms with Crippen molar-refractivity contribution in [1.29, 1.82) is 0 Å². The normalized spacial score (nSPS) is 14.8. The monoisotopic (exact) mass is 360 g/mol. The molecule has 0 aliphatic heterocycles. The second kappa shape index (κ2) is 10.9. The summed E-state index contributed by atoms with van der Waals surface area (Å²) in [6, 6.07) is 4.04. The number of aliphatic hydroxyl groups excluding tert-OH is 1. The van der Waals surface area contributed by atoms with Crippen molar-refractivity contribution in [3.05, 3.63) is 21.3 Å². The topological polar surface area (TPSA) is 59.9 Å². The average molecular weight is 361 g/mol. The lowest BCUT2D eigenvalue weighted by atomic mass is 10.3. The van der Waals surface area contributed by atoms with E-state index < -0.39 is 6.10 Å². The summed E-state index contributed by atoms with van der Waals surface area (Å²) in [5.41, 5.74) is 0. The maximum absolute atomic E-state index is 10.2. The lowest BCUT2D eigenvalue weighted by Crippen LogP contribution is -2.41. The largest absolute Gasteiger partial charge is 0.386 e. The number of thiophene rings is 1. The molecule has 1 aromatic rings. The third-order valence-corrected chi connectivity index (χ3v) is 5.01. The van der Waals surface area contributed by atoms with Crippen molar-refractivity contribution >= 4 is 28.9 Å². The Kier molecular flexibility index (Phi) is 9.55. The quantitative estimate of drug-likeness (QED) is 0.468. The van der Waals surface area contributed by atoms with Crippen molar-refractivity contribution in [1.82, 2.24) is 15.5 Å². The van der Waals surface area contributed by atoms with Crippen LogP contribution in [-0.2, 0) is 0 Å². The first-order valence-corrected chi connectivity index (χ1v) is 9.40. The smallest absolute Gasteiger partial charge is 0.191 e. The molecule has 132 valence electrons. The molecule has 5 nitrogen and oxygen atoms in total. The minimum absolute atomic E-state index is 0.390. The van der Waals surface area contributed by atoms with Gasteiger partial charge in [0.05, 0.1) is 10.9 Å². The molecule has 0 aliphatic rings. The fourth-order valence-corrected chi connectivity index (χ4v) is 3.38.